The van der Waals surface area contributed by atoms with Crippen LogP contribution in [0.4, 0.5) is 13.2 Å². The monoisotopic (exact) mass is 377 g/mol. The van der Waals surface area contributed by atoms with Crippen molar-refractivity contribution in [1.29, 1.82) is 0 Å². The summed E-state index contributed by atoms with van der Waals surface area (Å²) in [5.41, 5.74) is -0.211. The van der Waals surface area contributed by atoms with Crippen molar-refractivity contribution in [2.24, 2.45) is 0 Å². The van der Waals surface area contributed by atoms with Crippen LogP contribution in [0, 0.1) is 3.70 Å². The van der Waals surface area contributed by atoms with Crippen molar-refractivity contribution in [2.45, 2.75) is 12.8 Å². The van der Waals surface area contributed by atoms with E-state index in [2.05, 4.69) is 9.72 Å². The van der Waals surface area contributed by atoms with E-state index in [4.69, 9.17) is 9.84 Å². The summed E-state index contributed by atoms with van der Waals surface area (Å²) in [5, 5.41) is 8.62. The maximum atomic E-state index is 12.1. The second-order valence-electron chi connectivity index (χ2n) is 3.06. The van der Waals surface area contributed by atoms with Gasteiger partial charge in [0.2, 0.25) is 5.88 Å². The van der Waals surface area contributed by atoms with Crippen LogP contribution in [0.5, 0.6) is 11.6 Å². The number of alkyl halides is 3. The fourth-order valence-corrected chi connectivity index (χ4v) is 1.72. The molecule has 0 radical (unpaired) electrons. The molecule has 0 unspecified atom stereocenters. The Morgan fingerprint density at radius 2 is 2.17 bits per heavy atom. The van der Waals surface area contributed by atoms with E-state index in [0.29, 0.717) is 0 Å². The lowest BCUT2D eigenvalue weighted by Gasteiger charge is -2.13. The van der Waals surface area contributed by atoms with Crippen LogP contribution < -0.4 is 9.47 Å². The zero-order chi connectivity index (χ0) is 13.9. The van der Waals surface area contributed by atoms with Gasteiger partial charge in [-0.1, -0.05) is 0 Å². The topological polar surface area (TPSA) is 68.7 Å². The van der Waals surface area contributed by atoms with Crippen LogP contribution in [0.3, 0.4) is 0 Å². The Morgan fingerprint density at radius 3 is 2.61 bits per heavy atom. The van der Waals surface area contributed by atoms with Gasteiger partial charge in [-0.15, -0.1) is 13.2 Å². The number of hydrogen-bond donors (Lipinski definition) is 1. The SMILES string of the molecule is COc1cc(CC(=O)O)c(OC(F)(F)F)nc1I. The number of methoxy groups -OCH3 is 1. The first-order valence-corrected chi connectivity index (χ1v) is 5.51. The van der Waals surface area contributed by atoms with E-state index in [1.807, 2.05) is 0 Å². The number of aromatic nitrogens is 1. The summed E-state index contributed by atoms with van der Waals surface area (Å²) in [5.74, 6) is -1.90. The number of carbonyl (C=O) groups is 1. The van der Waals surface area contributed by atoms with Crippen LogP contribution in [0.25, 0.3) is 0 Å². The predicted octanol–water partition coefficient (Wildman–Crippen LogP) is 2.22. The third kappa shape index (κ3) is 4.20. The molecule has 1 N–H and O–H groups in total. The first-order valence-electron chi connectivity index (χ1n) is 4.44. The van der Waals surface area contributed by atoms with Crippen molar-refractivity contribution >= 4 is 28.6 Å². The smallest absolute Gasteiger partial charge is 0.494 e. The standard InChI is InChI=1S/C9H7F3INO4/c1-17-5-2-4(3-6(15)16)8(14-7(5)13)18-9(10,11)12/h2H,3H2,1H3,(H,15,16). The molecule has 0 spiro atoms. The molecule has 1 heterocycles. The molecule has 1 aromatic rings. The van der Waals surface area contributed by atoms with Gasteiger partial charge < -0.3 is 14.6 Å². The third-order valence-electron chi connectivity index (χ3n) is 1.76. The van der Waals surface area contributed by atoms with Crippen molar-refractivity contribution in [2.75, 3.05) is 7.11 Å². The van der Waals surface area contributed by atoms with Gasteiger partial charge in [0.1, 0.15) is 3.70 Å². The molecule has 0 aliphatic rings. The second-order valence-corrected chi connectivity index (χ2v) is 4.09. The zero-order valence-corrected chi connectivity index (χ0v) is 11.1. The van der Waals surface area contributed by atoms with Gasteiger partial charge in [-0.3, -0.25) is 4.79 Å². The molecule has 18 heavy (non-hydrogen) atoms. The third-order valence-corrected chi connectivity index (χ3v) is 2.53. The summed E-state index contributed by atoms with van der Waals surface area (Å²) < 4.78 is 45.1. The number of pyridine rings is 1. The number of ether oxygens (including phenoxy) is 2. The van der Waals surface area contributed by atoms with Crippen molar-refractivity contribution < 1.29 is 32.5 Å². The largest absolute Gasteiger partial charge is 0.574 e. The highest BCUT2D eigenvalue weighted by Crippen LogP contribution is 2.30. The highest BCUT2D eigenvalue weighted by Gasteiger charge is 2.33. The van der Waals surface area contributed by atoms with Gasteiger partial charge in [0, 0.05) is 5.56 Å². The molecule has 9 heteroatoms. The highest BCUT2D eigenvalue weighted by atomic mass is 127. The van der Waals surface area contributed by atoms with Gasteiger partial charge in [0.25, 0.3) is 0 Å². The molecule has 5 nitrogen and oxygen atoms in total. The molecule has 1 rings (SSSR count). The minimum absolute atomic E-state index is 0.142. The normalized spacial score (nSPS) is 11.2. The van der Waals surface area contributed by atoms with Gasteiger partial charge in [-0.25, -0.2) is 4.98 Å². The first kappa shape index (κ1) is 14.8. The van der Waals surface area contributed by atoms with Crippen LogP contribution in [-0.4, -0.2) is 29.5 Å². The van der Waals surface area contributed by atoms with E-state index in [-0.39, 0.29) is 15.0 Å². The molecule has 0 atom stereocenters. The Hall–Kier alpha value is -1.26. The molecule has 1 aromatic heterocycles. The lowest BCUT2D eigenvalue weighted by atomic mass is 10.2. The van der Waals surface area contributed by atoms with Gasteiger partial charge in [0.05, 0.1) is 13.5 Å². The fraction of sp³-hybridized carbons (Fsp3) is 0.333. The Kier molecular flexibility index (Phi) is 4.59. The van der Waals surface area contributed by atoms with E-state index in [0.717, 1.165) is 6.07 Å². The molecule has 0 aromatic carbocycles. The van der Waals surface area contributed by atoms with E-state index >= 15 is 0 Å². The fourth-order valence-electron chi connectivity index (χ4n) is 1.13. The summed E-state index contributed by atoms with van der Waals surface area (Å²) in [7, 11) is 1.30. The van der Waals surface area contributed by atoms with Crippen molar-refractivity contribution in [1.82, 2.24) is 4.98 Å². The van der Waals surface area contributed by atoms with Crippen molar-refractivity contribution in [3.63, 3.8) is 0 Å². The number of carboxylic acids is 1. The van der Waals surface area contributed by atoms with Gasteiger partial charge >= 0.3 is 12.3 Å². The lowest BCUT2D eigenvalue weighted by Crippen LogP contribution is -2.20. The van der Waals surface area contributed by atoms with Crippen LogP contribution in [-0.2, 0) is 11.2 Å². The maximum Gasteiger partial charge on any atom is 0.574 e. The summed E-state index contributed by atoms with van der Waals surface area (Å²) in [6.45, 7) is 0. The number of carboxylic acid groups (broad SMARTS) is 1. The average molecular weight is 377 g/mol. The predicted molar refractivity (Wildman–Crippen MR) is 61.5 cm³/mol. The number of nitrogens with zero attached hydrogens (tertiary/aromatic N) is 1. The van der Waals surface area contributed by atoms with Crippen molar-refractivity contribution in [3.8, 4) is 11.6 Å². The number of aliphatic carboxylic acids is 1. The number of rotatable bonds is 4. The van der Waals surface area contributed by atoms with Crippen LogP contribution in [0.1, 0.15) is 5.56 Å². The molecule has 0 aliphatic heterocycles. The van der Waals surface area contributed by atoms with Crippen LogP contribution >= 0.6 is 22.6 Å². The quantitative estimate of drug-likeness (QED) is 0.644. The van der Waals surface area contributed by atoms with E-state index in [1.165, 1.54) is 7.11 Å². The summed E-state index contributed by atoms with van der Waals surface area (Å²) in [6, 6.07) is 1.16. The van der Waals surface area contributed by atoms with Gasteiger partial charge in [0.15, 0.2) is 5.75 Å². The molecule has 100 valence electrons. The van der Waals surface area contributed by atoms with Crippen LogP contribution in [0.2, 0.25) is 0 Å². The first-order chi connectivity index (χ1) is 8.23. The molecule has 0 saturated carbocycles. The Labute approximate surface area is 113 Å². The van der Waals surface area contributed by atoms with E-state index in [1.54, 1.807) is 22.6 Å². The summed E-state index contributed by atoms with van der Waals surface area (Å²) >= 11 is 1.66. The maximum absolute atomic E-state index is 12.1. The number of hydrogen-bond acceptors (Lipinski definition) is 4. The molecule has 0 aliphatic carbocycles. The minimum Gasteiger partial charge on any atom is -0.494 e. The van der Waals surface area contributed by atoms with Gasteiger partial charge in [-0.2, -0.15) is 0 Å². The molecular formula is C9H7F3INO4. The molecular weight excluding hydrogens is 370 g/mol. The Morgan fingerprint density at radius 1 is 1.56 bits per heavy atom. The van der Waals surface area contributed by atoms with Crippen LogP contribution in [0.15, 0.2) is 6.07 Å². The molecule has 0 fully saturated rings. The highest BCUT2D eigenvalue weighted by molar-refractivity contribution is 14.1. The van der Waals surface area contributed by atoms with E-state index in [9.17, 15) is 18.0 Å². The van der Waals surface area contributed by atoms with Crippen molar-refractivity contribution in [3.05, 3.63) is 15.3 Å². The molecule has 0 amide bonds. The van der Waals surface area contributed by atoms with E-state index < -0.39 is 24.6 Å². The number of halogens is 4. The summed E-state index contributed by atoms with van der Waals surface area (Å²) in [6.07, 6.45) is -5.58. The molecule has 0 bridgehead atoms. The van der Waals surface area contributed by atoms with Gasteiger partial charge in [-0.05, 0) is 28.7 Å². The Bertz CT molecular complexity index is 464. The minimum atomic E-state index is -4.93. The summed E-state index contributed by atoms with van der Waals surface area (Å²) in [4.78, 5) is 14.1. The molecule has 0 saturated heterocycles. The average Bonchev–Trinajstić information content (AvgIpc) is 2.19. The zero-order valence-electron chi connectivity index (χ0n) is 8.92. The second kappa shape index (κ2) is 5.59. The Balaban J connectivity index is 3.20. The lowest BCUT2D eigenvalue weighted by molar-refractivity contribution is -0.276.